The minimum absolute atomic E-state index is 0.261. The molecule has 0 N–H and O–H groups in total. The lowest BCUT2D eigenvalue weighted by Gasteiger charge is -2.08. The van der Waals surface area contributed by atoms with Crippen LogP contribution >= 0.6 is 11.8 Å². The van der Waals surface area contributed by atoms with Crippen LogP contribution in [0.4, 0.5) is 8.78 Å². The van der Waals surface area contributed by atoms with Gasteiger partial charge < -0.3 is 4.57 Å². The minimum Gasteiger partial charge on any atom is -0.318 e. The van der Waals surface area contributed by atoms with Crippen LogP contribution in [0.3, 0.4) is 0 Å². The number of rotatable bonds is 2. The van der Waals surface area contributed by atoms with Gasteiger partial charge in [0.2, 0.25) is 0 Å². The first-order valence-corrected chi connectivity index (χ1v) is 7.96. The van der Waals surface area contributed by atoms with Crippen LogP contribution < -0.4 is 0 Å². The average molecular weight is 314 g/mol. The van der Waals surface area contributed by atoms with E-state index < -0.39 is 0 Å². The molecular weight excluding hydrogens is 302 g/mol. The predicted molar refractivity (Wildman–Crippen MR) is 83.7 cm³/mol. The molecule has 2 nitrogen and oxygen atoms in total. The third-order valence-corrected chi connectivity index (χ3v) is 4.67. The van der Waals surface area contributed by atoms with Crippen molar-refractivity contribution in [2.24, 2.45) is 0 Å². The fraction of sp³-hybridized carbons (Fsp3) is 0.118. The van der Waals surface area contributed by atoms with Gasteiger partial charge in [-0.2, -0.15) is 0 Å². The second-order valence-corrected chi connectivity index (χ2v) is 6.17. The van der Waals surface area contributed by atoms with E-state index in [2.05, 4.69) is 4.57 Å². The molecule has 0 bridgehead atoms. The Morgan fingerprint density at radius 3 is 2.09 bits per heavy atom. The molecule has 0 amide bonds. The fourth-order valence-electron chi connectivity index (χ4n) is 2.69. The van der Waals surface area contributed by atoms with Crippen LogP contribution in [0.2, 0.25) is 0 Å². The molecule has 22 heavy (non-hydrogen) atoms. The van der Waals surface area contributed by atoms with E-state index in [1.54, 1.807) is 36.0 Å². The number of halogens is 2. The molecule has 0 atom stereocenters. The maximum atomic E-state index is 13.2. The van der Waals surface area contributed by atoms with Gasteiger partial charge in [0.05, 0.1) is 11.4 Å². The van der Waals surface area contributed by atoms with E-state index in [4.69, 9.17) is 4.98 Å². The lowest BCUT2D eigenvalue weighted by Crippen LogP contribution is -1.97. The molecule has 0 saturated carbocycles. The number of nitrogens with zero attached hydrogens (tertiary/aromatic N) is 2. The molecule has 1 aliphatic rings. The Morgan fingerprint density at radius 1 is 0.864 bits per heavy atom. The fourth-order valence-corrected chi connectivity index (χ4v) is 3.64. The highest BCUT2D eigenvalue weighted by Gasteiger charge is 2.23. The summed E-state index contributed by atoms with van der Waals surface area (Å²) < 4.78 is 28.5. The van der Waals surface area contributed by atoms with E-state index in [9.17, 15) is 8.78 Å². The van der Waals surface area contributed by atoms with E-state index >= 15 is 0 Å². The van der Waals surface area contributed by atoms with Crippen LogP contribution in [-0.4, -0.2) is 15.3 Å². The van der Waals surface area contributed by atoms with Crippen molar-refractivity contribution in [3.8, 4) is 22.5 Å². The van der Waals surface area contributed by atoms with Gasteiger partial charge in [0.15, 0.2) is 5.16 Å². The van der Waals surface area contributed by atoms with E-state index in [1.807, 2.05) is 0 Å². The predicted octanol–water partition coefficient (Wildman–Crippen LogP) is 4.60. The lowest BCUT2D eigenvalue weighted by atomic mass is 10.0. The Hall–Kier alpha value is -2.14. The molecule has 0 spiro atoms. The first kappa shape index (κ1) is 13.5. The largest absolute Gasteiger partial charge is 0.318 e. The summed E-state index contributed by atoms with van der Waals surface area (Å²) in [5, 5.41) is 0.957. The molecule has 4 rings (SSSR count). The van der Waals surface area contributed by atoms with Gasteiger partial charge in [0.25, 0.3) is 0 Å². The molecule has 0 unspecified atom stereocenters. The smallest absolute Gasteiger partial charge is 0.169 e. The monoisotopic (exact) mass is 314 g/mol. The van der Waals surface area contributed by atoms with Crippen molar-refractivity contribution in [1.29, 1.82) is 0 Å². The molecule has 2 aromatic carbocycles. The Kier molecular flexibility index (Phi) is 3.22. The summed E-state index contributed by atoms with van der Waals surface area (Å²) >= 11 is 1.70. The summed E-state index contributed by atoms with van der Waals surface area (Å²) in [7, 11) is 0. The SMILES string of the molecule is Fc1ccc(-c2nc3n(c2-c2ccc(F)cc2)CCS3)cc1. The molecule has 3 aromatic rings. The summed E-state index contributed by atoms with van der Waals surface area (Å²) in [5.74, 6) is 0.455. The third kappa shape index (κ3) is 2.22. The highest BCUT2D eigenvalue weighted by molar-refractivity contribution is 7.99. The van der Waals surface area contributed by atoms with Gasteiger partial charge in [-0.1, -0.05) is 11.8 Å². The van der Waals surface area contributed by atoms with Crippen molar-refractivity contribution < 1.29 is 8.78 Å². The first-order valence-electron chi connectivity index (χ1n) is 6.97. The molecule has 0 aliphatic carbocycles. The van der Waals surface area contributed by atoms with Crippen LogP contribution in [0, 0.1) is 11.6 Å². The number of hydrogen-bond donors (Lipinski definition) is 0. The van der Waals surface area contributed by atoms with Gasteiger partial charge >= 0.3 is 0 Å². The van der Waals surface area contributed by atoms with Crippen molar-refractivity contribution >= 4 is 11.8 Å². The van der Waals surface area contributed by atoms with E-state index in [-0.39, 0.29) is 11.6 Å². The Morgan fingerprint density at radius 2 is 1.45 bits per heavy atom. The first-order chi connectivity index (χ1) is 10.7. The zero-order valence-electron chi connectivity index (χ0n) is 11.6. The number of thioether (sulfide) groups is 1. The normalized spacial score (nSPS) is 13.4. The Balaban J connectivity index is 1.92. The van der Waals surface area contributed by atoms with Gasteiger partial charge in [-0.05, 0) is 48.5 Å². The van der Waals surface area contributed by atoms with E-state index in [0.717, 1.165) is 40.0 Å². The molecule has 1 aromatic heterocycles. The molecule has 2 heterocycles. The highest BCUT2D eigenvalue weighted by atomic mass is 32.2. The third-order valence-electron chi connectivity index (χ3n) is 3.71. The summed E-state index contributed by atoms with van der Waals surface area (Å²) in [5.41, 5.74) is 3.56. The molecule has 1 aliphatic heterocycles. The average Bonchev–Trinajstić information content (AvgIpc) is 3.10. The minimum atomic E-state index is -0.270. The van der Waals surface area contributed by atoms with Crippen molar-refractivity contribution in [2.45, 2.75) is 11.7 Å². The topological polar surface area (TPSA) is 17.8 Å². The molecule has 110 valence electrons. The summed E-state index contributed by atoms with van der Waals surface area (Å²) in [4.78, 5) is 4.70. The van der Waals surface area contributed by atoms with Gasteiger partial charge in [0, 0.05) is 23.4 Å². The van der Waals surface area contributed by atoms with Gasteiger partial charge in [0.1, 0.15) is 11.6 Å². The molecule has 0 saturated heterocycles. The zero-order valence-corrected chi connectivity index (χ0v) is 12.4. The van der Waals surface area contributed by atoms with Crippen molar-refractivity contribution in [3.63, 3.8) is 0 Å². The zero-order chi connectivity index (χ0) is 15.1. The number of hydrogen-bond acceptors (Lipinski definition) is 2. The summed E-state index contributed by atoms with van der Waals surface area (Å²) in [6.45, 7) is 0.876. The lowest BCUT2D eigenvalue weighted by molar-refractivity contribution is 0.627. The van der Waals surface area contributed by atoms with E-state index in [0.29, 0.717) is 0 Å². The summed E-state index contributed by atoms with van der Waals surface area (Å²) in [6, 6.07) is 12.7. The maximum absolute atomic E-state index is 13.2. The van der Waals surface area contributed by atoms with Crippen LogP contribution in [-0.2, 0) is 6.54 Å². The van der Waals surface area contributed by atoms with Gasteiger partial charge in [-0.15, -0.1) is 0 Å². The second-order valence-electron chi connectivity index (χ2n) is 5.11. The molecular formula is C17H12F2N2S. The summed E-state index contributed by atoms with van der Waals surface area (Å²) in [6.07, 6.45) is 0. The molecule has 5 heteroatoms. The van der Waals surface area contributed by atoms with Crippen LogP contribution in [0.15, 0.2) is 53.7 Å². The number of benzene rings is 2. The van der Waals surface area contributed by atoms with Crippen LogP contribution in [0.25, 0.3) is 22.5 Å². The van der Waals surface area contributed by atoms with Crippen molar-refractivity contribution in [3.05, 3.63) is 60.2 Å². The van der Waals surface area contributed by atoms with Crippen molar-refractivity contribution in [1.82, 2.24) is 9.55 Å². The number of aromatic nitrogens is 2. The number of fused-ring (bicyclic) bond motifs is 1. The number of imidazole rings is 1. The molecule has 0 radical (unpaired) electrons. The Bertz CT molecular complexity index is 823. The highest BCUT2D eigenvalue weighted by Crippen LogP contribution is 2.38. The van der Waals surface area contributed by atoms with Gasteiger partial charge in [-0.25, -0.2) is 13.8 Å². The quantitative estimate of drug-likeness (QED) is 0.688. The maximum Gasteiger partial charge on any atom is 0.169 e. The van der Waals surface area contributed by atoms with Gasteiger partial charge in [-0.3, -0.25) is 0 Å². The van der Waals surface area contributed by atoms with Crippen LogP contribution in [0.1, 0.15) is 0 Å². The van der Waals surface area contributed by atoms with E-state index in [1.165, 1.54) is 24.3 Å². The van der Waals surface area contributed by atoms with Crippen molar-refractivity contribution in [2.75, 3.05) is 5.75 Å². The van der Waals surface area contributed by atoms with Crippen LogP contribution in [0.5, 0.6) is 0 Å². The Labute approximate surface area is 130 Å². The standard InChI is InChI=1S/C17H12F2N2S/c18-13-5-1-11(2-6-13)15-16(12-3-7-14(19)8-4-12)21-9-10-22-17(21)20-15/h1-8H,9-10H2. The second kappa shape index (κ2) is 5.25. The molecule has 0 fully saturated rings.